The second-order valence-electron chi connectivity index (χ2n) is 6.81. The van der Waals surface area contributed by atoms with Crippen molar-refractivity contribution < 1.29 is 13.2 Å². The van der Waals surface area contributed by atoms with Crippen LogP contribution in [-0.4, -0.2) is 56.0 Å². The monoisotopic (exact) mass is 444 g/mol. The highest BCUT2D eigenvalue weighted by Crippen LogP contribution is 2.27. The van der Waals surface area contributed by atoms with Crippen molar-refractivity contribution in [3.05, 3.63) is 65.9 Å². The Morgan fingerprint density at radius 3 is 2.33 bits per heavy atom. The summed E-state index contributed by atoms with van der Waals surface area (Å²) in [4.78, 5) is 11.0. The summed E-state index contributed by atoms with van der Waals surface area (Å²) in [6, 6.07) is 16.1. The van der Waals surface area contributed by atoms with E-state index in [0.717, 1.165) is 22.8 Å². The summed E-state index contributed by atoms with van der Waals surface area (Å²) in [7, 11) is -2.00. The number of nitrogens with zero attached hydrogens (tertiary/aromatic N) is 4. The van der Waals surface area contributed by atoms with Gasteiger partial charge in [0.2, 0.25) is 10.0 Å². The number of rotatable bonds is 5. The molecule has 0 amide bonds. The fourth-order valence-electron chi connectivity index (χ4n) is 3.39. The Balaban J connectivity index is 1.48. The second kappa shape index (κ2) is 8.59. The minimum absolute atomic E-state index is 0.143. The highest BCUT2D eigenvalue weighted by molar-refractivity contribution is 7.89. The molecule has 2 aromatic carbocycles. The number of methoxy groups -OCH3 is 1. The first-order chi connectivity index (χ1) is 14.5. The summed E-state index contributed by atoms with van der Waals surface area (Å²) in [5.41, 5.74) is 1.76. The van der Waals surface area contributed by atoms with Crippen LogP contribution in [-0.2, 0) is 10.0 Å². The normalized spacial score (nSPS) is 15.2. The van der Waals surface area contributed by atoms with Crippen molar-refractivity contribution >= 4 is 27.4 Å². The van der Waals surface area contributed by atoms with Crippen molar-refractivity contribution in [1.29, 1.82) is 0 Å². The largest absolute Gasteiger partial charge is 0.497 e. The van der Waals surface area contributed by atoms with Crippen LogP contribution in [0.1, 0.15) is 0 Å². The molecule has 0 aliphatic carbocycles. The number of ether oxygens (including phenoxy) is 1. The smallest absolute Gasteiger partial charge is 0.244 e. The van der Waals surface area contributed by atoms with Gasteiger partial charge in [0, 0.05) is 37.8 Å². The number of aromatic nitrogens is 2. The summed E-state index contributed by atoms with van der Waals surface area (Å²) < 4.78 is 32.5. The Labute approximate surface area is 181 Å². The highest BCUT2D eigenvalue weighted by atomic mass is 35.5. The molecular weight excluding hydrogens is 424 g/mol. The lowest BCUT2D eigenvalue weighted by Crippen LogP contribution is -2.49. The first-order valence-electron chi connectivity index (χ1n) is 9.45. The molecule has 4 rings (SSSR count). The van der Waals surface area contributed by atoms with Crippen LogP contribution in [0.5, 0.6) is 5.75 Å². The zero-order valence-corrected chi connectivity index (χ0v) is 18.0. The predicted molar refractivity (Wildman–Crippen MR) is 116 cm³/mol. The van der Waals surface area contributed by atoms with Gasteiger partial charge in [-0.25, -0.2) is 18.4 Å². The van der Waals surface area contributed by atoms with Crippen LogP contribution in [0.3, 0.4) is 0 Å². The summed E-state index contributed by atoms with van der Waals surface area (Å²) in [6.07, 6.45) is 1.53. The van der Waals surface area contributed by atoms with Crippen molar-refractivity contribution in [2.24, 2.45) is 0 Å². The van der Waals surface area contributed by atoms with Gasteiger partial charge in [-0.05, 0) is 36.4 Å². The van der Waals surface area contributed by atoms with E-state index >= 15 is 0 Å². The van der Waals surface area contributed by atoms with Gasteiger partial charge in [0.05, 0.1) is 17.8 Å². The van der Waals surface area contributed by atoms with Crippen LogP contribution in [0.25, 0.3) is 11.3 Å². The third-order valence-corrected chi connectivity index (χ3v) is 7.45. The van der Waals surface area contributed by atoms with E-state index in [4.69, 9.17) is 16.3 Å². The highest BCUT2D eigenvalue weighted by Gasteiger charge is 2.30. The van der Waals surface area contributed by atoms with E-state index in [1.165, 1.54) is 16.7 Å². The Kier molecular flexibility index (Phi) is 5.90. The van der Waals surface area contributed by atoms with Crippen molar-refractivity contribution in [3.8, 4) is 17.0 Å². The van der Waals surface area contributed by atoms with Gasteiger partial charge in [0.1, 0.15) is 22.8 Å². The van der Waals surface area contributed by atoms with E-state index in [-0.39, 0.29) is 9.92 Å². The van der Waals surface area contributed by atoms with Gasteiger partial charge in [0.25, 0.3) is 0 Å². The number of piperazine rings is 1. The minimum Gasteiger partial charge on any atom is -0.497 e. The van der Waals surface area contributed by atoms with E-state index in [2.05, 4.69) is 14.9 Å². The topological polar surface area (TPSA) is 75.6 Å². The van der Waals surface area contributed by atoms with Crippen molar-refractivity contribution in [3.63, 3.8) is 0 Å². The molecule has 1 fully saturated rings. The van der Waals surface area contributed by atoms with Crippen LogP contribution in [0.2, 0.25) is 5.02 Å². The number of benzene rings is 2. The average Bonchev–Trinajstić information content (AvgIpc) is 2.79. The van der Waals surface area contributed by atoms with Gasteiger partial charge >= 0.3 is 0 Å². The standard InChI is InChI=1S/C21H21ClN4O3S/c1-29-17-8-6-16(7-9-17)19-14-21(24-15-23-19)25-10-12-26(13-11-25)30(27,28)20-5-3-2-4-18(20)22/h2-9,14-15H,10-13H2,1H3. The molecule has 1 aliphatic rings. The Hall–Kier alpha value is -2.68. The molecule has 9 heteroatoms. The summed E-state index contributed by atoms with van der Waals surface area (Å²) in [5.74, 6) is 1.55. The van der Waals surface area contributed by atoms with Gasteiger partial charge in [-0.1, -0.05) is 23.7 Å². The molecule has 3 aromatic rings. The zero-order chi connectivity index (χ0) is 21.1. The van der Waals surface area contributed by atoms with E-state index in [9.17, 15) is 8.42 Å². The van der Waals surface area contributed by atoms with Gasteiger partial charge in [-0.2, -0.15) is 4.31 Å². The molecule has 0 spiro atoms. The summed E-state index contributed by atoms with van der Waals surface area (Å²) >= 11 is 6.11. The van der Waals surface area contributed by atoms with Crippen molar-refractivity contribution in [2.45, 2.75) is 4.90 Å². The van der Waals surface area contributed by atoms with Crippen molar-refractivity contribution in [2.75, 3.05) is 38.2 Å². The summed E-state index contributed by atoms with van der Waals surface area (Å²) in [6.45, 7) is 1.77. The minimum atomic E-state index is -3.63. The molecule has 1 saturated heterocycles. The summed E-state index contributed by atoms with van der Waals surface area (Å²) in [5, 5.41) is 0.236. The molecule has 7 nitrogen and oxygen atoms in total. The molecule has 156 valence electrons. The fourth-order valence-corrected chi connectivity index (χ4v) is 5.31. The molecule has 0 saturated carbocycles. The van der Waals surface area contributed by atoms with E-state index in [1.807, 2.05) is 30.3 Å². The maximum atomic E-state index is 12.9. The molecule has 1 aliphatic heterocycles. The first-order valence-corrected chi connectivity index (χ1v) is 11.3. The number of anilines is 1. The predicted octanol–water partition coefficient (Wildman–Crippen LogP) is 3.32. The van der Waals surface area contributed by atoms with Gasteiger partial charge in [-0.15, -0.1) is 0 Å². The Bertz CT molecular complexity index is 1130. The Morgan fingerprint density at radius 2 is 1.67 bits per heavy atom. The average molecular weight is 445 g/mol. The van der Waals surface area contributed by atoms with Crippen LogP contribution in [0.4, 0.5) is 5.82 Å². The first kappa shape index (κ1) is 20.6. The molecule has 2 heterocycles. The molecule has 0 unspecified atom stereocenters. The lowest BCUT2D eigenvalue weighted by atomic mass is 10.1. The van der Waals surface area contributed by atoms with Crippen LogP contribution in [0.15, 0.2) is 65.8 Å². The zero-order valence-electron chi connectivity index (χ0n) is 16.4. The number of halogens is 1. The quantitative estimate of drug-likeness (QED) is 0.601. The molecular formula is C21H21ClN4O3S. The third-order valence-electron chi connectivity index (χ3n) is 5.06. The van der Waals surface area contributed by atoms with E-state index in [0.29, 0.717) is 26.2 Å². The molecule has 0 atom stereocenters. The van der Waals surface area contributed by atoms with Crippen LogP contribution in [0, 0.1) is 0 Å². The lowest BCUT2D eigenvalue weighted by molar-refractivity contribution is 0.384. The molecule has 30 heavy (non-hydrogen) atoms. The van der Waals surface area contributed by atoms with E-state index in [1.54, 1.807) is 25.3 Å². The maximum Gasteiger partial charge on any atom is 0.244 e. The van der Waals surface area contributed by atoms with Gasteiger partial charge < -0.3 is 9.64 Å². The maximum absolute atomic E-state index is 12.9. The Morgan fingerprint density at radius 1 is 0.967 bits per heavy atom. The van der Waals surface area contributed by atoms with Crippen molar-refractivity contribution in [1.82, 2.24) is 14.3 Å². The van der Waals surface area contributed by atoms with Crippen LogP contribution < -0.4 is 9.64 Å². The van der Waals surface area contributed by atoms with Crippen LogP contribution >= 0.6 is 11.6 Å². The number of hydrogen-bond donors (Lipinski definition) is 0. The lowest BCUT2D eigenvalue weighted by Gasteiger charge is -2.34. The number of sulfonamides is 1. The SMILES string of the molecule is COc1ccc(-c2cc(N3CCN(S(=O)(=O)c4ccccc4Cl)CC3)ncn2)cc1. The fraction of sp³-hybridized carbons (Fsp3) is 0.238. The second-order valence-corrected chi connectivity index (χ2v) is 9.13. The molecule has 0 bridgehead atoms. The van der Waals surface area contributed by atoms with E-state index < -0.39 is 10.0 Å². The van der Waals surface area contributed by atoms with Gasteiger partial charge in [0.15, 0.2) is 0 Å². The molecule has 0 radical (unpaired) electrons. The number of hydrogen-bond acceptors (Lipinski definition) is 6. The molecule has 1 aromatic heterocycles. The third kappa shape index (κ3) is 4.12. The molecule has 0 N–H and O–H groups in total. The van der Waals surface area contributed by atoms with Gasteiger partial charge in [-0.3, -0.25) is 0 Å².